The zero-order valence-corrected chi connectivity index (χ0v) is 11.0. The minimum absolute atomic E-state index is 0.925. The van der Waals surface area contributed by atoms with Crippen LogP contribution in [0.5, 0.6) is 0 Å². The van der Waals surface area contributed by atoms with Gasteiger partial charge in [-0.05, 0) is 30.7 Å². The van der Waals surface area contributed by atoms with E-state index in [-0.39, 0.29) is 0 Å². The molecule has 0 aromatic carbocycles. The van der Waals surface area contributed by atoms with E-state index in [0.29, 0.717) is 0 Å². The number of pyridine rings is 2. The molecule has 0 saturated carbocycles. The van der Waals surface area contributed by atoms with Crippen molar-refractivity contribution in [2.24, 2.45) is 0 Å². The molecule has 0 aliphatic rings. The maximum Gasteiger partial charge on any atom is 0.137 e. The van der Waals surface area contributed by atoms with Gasteiger partial charge in [0, 0.05) is 24.0 Å². The van der Waals surface area contributed by atoms with E-state index < -0.39 is 0 Å². The Morgan fingerprint density at radius 1 is 1.00 bits per heavy atom. The summed E-state index contributed by atoms with van der Waals surface area (Å²) >= 11 is 0. The Labute approximate surface area is 107 Å². The normalized spacial score (nSPS) is 9.94. The topological polar surface area (TPSA) is 30.7 Å². The quantitative estimate of drug-likeness (QED) is 0.647. The van der Waals surface area contributed by atoms with Crippen molar-refractivity contribution in [2.75, 3.05) is 0 Å². The summed E-state index contributed by atoms with van der Waals surface area (Å²) in [7, 11) is 0. The molecule has 3 heteroatoms. The highest BCUT2D eigenvalue weighted by Gasteiger charge is 2.02. The van der Waals surface area contributed by atoms with Gasteiger partial charge in [0.1, 0.15) is 5.82 Å². The van der Waals surface area contributed by atoms with Gasteiger partial charge in [-0.2, -0.15) is 0 Å². The number of nitrogens with zero attached hydrogens (tertiary/aromatic N) is 3. The average Bonchev–Trinajstić information content (AvgIpc) is 2.86. The smallest absolute Gasteiger partial charge is 0.137 e. The lowest BCUT2D eigenvalue weighted by molar-refractivity contribution is 1.03. The summed E-state index contributed by atoms with van der Waals surface area (Å²) in [6, 6.07) is 8.14. The minimum Gasteiger partial charge on any atom is -0.300 e. The number of fused-ring (bicyclic) bond motifs is 1. The van der Waals surface area contributed by atoms with Crippen LogP contribution in [0.4, 0.5) is 0 Å². The van der Waals surface area contributed by atoms with Crippen LogP contribution in [0, 0.1) is 6.92 Å². The maximum atomic E-state index is 4.41. The molecule has 0 atom stereocenters. The third-order valence-corrected chi connectivity index (χ3v) is 2.64. The lowest BCUT2D eigenvalue weighted by Gasteiger charge is -2.03. The summed E-state index contributed by atoms with van der Waals surface area (Å²) in [5, 5.41) is 1.18. The van der Waals surface area contributed by atoms with Crippen molar-refractivity contribution in [1.29, 1.82) is 0 Å². The molecule has 18 heavy (non-hydrogen) atoms. The van der Waals surface area contributed by atoms with Crippen LogP contribution in [0.3, 0.4) is 0 Å². The summed E-state index contributed by atoms with van der Waals surface area (Å²) in [5.41, 5.74) is 2.25. The van der Waals surface area contributed by atoms with Crippen LogP contribution < -0.4 is 0 Å². The van der Waals surface area contributed by atoms with Gasteiger partial charge in [0.2, 0.25) is 0 Å². The molecule has 0 aliphatic carbocycles. The van der Waals surface area contributed by atoms with Crippen molar-refractivity contribution < 1.29 is 0 Å². The first kappa shape index (κ1) is 12.3. The molecule has 0 N–H and O–H groups in total. The van der Waals surface area contributed by atoms with Crippen molar-refractivity contribution in [3.05, 3.63) is 54.6 Å². The molecule has 0 bridgehead atoms. The lowest BCUT2D eigenvalue weighted by atomic mass is 10.3. The van der Waals surface area contributed by atoms with E-state index in [0.717, 1.165) is 11.3 Å². The summed E-state index contributed by atoms with van der Waals surface area (Å²) in [6.07, 6.45) is 7.55. The first-order chi connectivity index (χ1) is 8.84. The van der Waals surface area contributed by atoms with Gasteiger partial charge >= 0.3 is 0 Å². The Morgan fingerprint density at radius 3 is 2.56 bits per heavy atom. The standard InChI is InChI=1S/C13H11N3.C2H6/c1-10-2-3-13(15-8-10)16-7-5-11-4-6-14-9-12(11)16;1-2/h2-9H,1H3;1-2H3. The third-order valence-electron chi connectivity index (χ3n) is 2.64. The van der Waals surface area contributed by atoms with E-state index in [1.165, 1.54) is 10.9 Å². The molecular weight excluding hydrogens is 222 g/mol. The van der Waals surface area contributed by atoms with Gasteiger partial charge in [-0.15, -0.1) is 0 Å². The van der Waals surface area contributed by atoms with Gasteiger partial charge in [0.25, 0.3) is 0 Å². The van der Waals surface area contributed by atoms with Crippen LogP contribution in [0.25, 0.3) is 16.7 Å². The molecule has 0 radical (unpaired) electrons. The molecule has 3 aromatic heterocycles. The predicted molar refractivity (Wildman–Crippen MR) is 75.0 cm³/mol. The van der Waals surface area contributed by atoms with Gasteiger partial charge in [-0.3, -0.25) is 9.55 Å². The predicted octanol–water partition coefficient (Wildman–Crippen LogP) is 3.76. The van der Waals surface area contributed by atoms with E-state index in [4.69, 9.17) is 0 Å². The molecular formula is C15H17N3. The summed E-state index contributed by atoms with van der Waals surface area (Å²) < 4.78 is 2.04. The summed E-state index contributed by atoms with van der Waals surface area (Å²) in [6.45, 7) is 6.03. The zero-order valence-electron chi connectivity index (χ0n) is 11.0. The van der Waals surface area contributed by atoms with Crippen LogP contribution >= 0.6 is 0 Å². The molecule has 0 spiro atoms. The van der Waals surface area contributed by atoms with Crippen molar-refractivity contribution in [2.45, 2.75) is 20.8 Å². The van der Waals surface area contributed by atoms with Crippen molar-refractivity contribution >= 4 is 10.9 Å². The van der Waals surface area contributed by atoms with Crippen molar-refractivity contribution in [1.82, 2.24) is 14.5 Å². The number of aryl methyl sites for hydroxylation is 1. The first-order valence-corrected chi connectivity index (χ1v) is 6.19. The summed E-state index contributed by atoms with van der Waals surface area (Å²) in [4.78, 5) is 8.55. The fourth-order valence-corrected chi connectivity index (χ4v) is 1.78. The van der Waals surface area contributed by atoms with Crippen LogP contribution in [0.2, 0.25) is 0 Å². The van der Waals surface area contributed by atoms with E-state index in [1.807, 2.05) is 56.1 Å². The van der Waals surface area contributed by atoms with Crippen molar-refractivity contribution in [3.8, 4) is 5.82 Å². The van der Waals surface area contributed by atoms with Gasteiger partial charge in [-0.25, -0.2) is 4.98 Å². The van der Waals surface area contributed by atoms with E-state index in [1.54, 1.807) is 6.20 Å². The molecule has 0 amide bonds. The fraction of sp³-hybridized carbons (Fsp3) is 0.200. The highest BCUT2D eigenvalue weighted by Crippen LogP contribution is 2.17. The van der Waals surface area contributed by atoms with Crippen LogP contribution in [0.15, 0.2) is 49.1 Å². The second-order valence-electron chi connectivity index (χ2n) is 3.81. The van der Waals surface area contributed by atoms with Crippen LogP contribution in [0.1, 0.15) is 19.4 Å². The molecule has 3 aromatic rings. The molecule has 3 nitrogen and oxygen atoms in total. The van der Waals surface area contributed by atoms with E-state index >= 15 is 0 Å². The van der Waals surface area contributed by atoms with Gasteiger partial charge in [0.05, 0.1) is 11.7 Å². The number of hydrogen-bond acceptors (Lipinski definition) is 2. The highest BCUT2D eigenvalue weighted by molar-refractivity contribution is 5.80. The Balaban J connectivity index is 0.000000574. The molecule has 92 valence electrons. The Kier molecular flexibility index (Phi) is 3.72. The van der Waals surface area contributed by atoms with Crippen molar-refractivity contribution in [3.63, 3.8) is 0 Å². The molecule has 0 fully saturated rings. The monoisotopic (exact) mass is 239 g/mol. The molecule has 0 aliphatic heterocycles. The lowest BCUT2D eigenvalue weighted by Crippen LogP contribution is -1.95. The largest absolute Gasteiger partial charge is 0.300 e. The minimum atomic E-state index is 0.925. The van der Waals surface area contributed by atoms with E-state index in [2.05, 4.69) is 22.1 Å². The van der Waals surface area contributed by atoms with E-state index in [9.17, 15) is 0 Å². The SMILES string of the molecule is CC.Cc1ccc(-n2ccc3ccncc32)nc1. The van der Waals surface area contributed by atoms with Gasteiger partial charge in [0.15, 0.2) is 0 Å². The van der Waals surface area contributed by atoms with Crippen LogP contribution in [-0.4, -0.2) is 14.5 Å². The molecule has 3 rings (SSSR count). The first-order valence-electron chi connectivity index (χ1n) is 6.19. The Hall–Kier alpha value is -2.16. The zero-order chi connectivity index (χ0) is 13.0. The number of rotatable bonds is 1. The number of aromatic nitrogens is 3. The second-order valence-corrected chi connectivity index (χ2v) is 3.81. The fourth-order valence-electron chi connectivity index (χ4n) is 1.78. The Bertz CT molecular complexity index is 624. The second kappa shape index (κ2) is 5.45. The Morgan fingerprint density at radius 2 is 1.83 bits per heavy atom. The molecule has 3 heterocycles. The maximum absolute atomic E-state index is 4.41. The van der Waals surface area contributed by atoms with Crippen LogP contribution in [-0.2, 0) is 0 Å². The summed E-state index contributed by atoms with van der Waals surface area (Å²) in [5.74, 6) is 0.925. The third kappa shape index (κ3) is 2.25. The highest BCUT2D eigenvalue weighted by atomic mass is 15.0. The molecule has 0 saturated heterocycles. The van der Waals surface area contributed by atoms with Gasteiger partial charge < -0.3 is 0 Å². The molecule has 0 unspecified atom stereocenters. The van der Waals surface area contributed by atoms with Gasteiger partial charge in [-0.1, -0.05) is 19.9 Å². The number of hydrogen-bond donors (Lipinski definition) is 0. The average molecular weight is 239 g/mol.